The molecule has 114 valence electrons. The molecule has 0 aliphatic heterocycles. The highest BCUT2D eigenvalue weighted by atomic mass is 16.5. The normalized spacial score (nSPS) is 11.3. The van der Waals surface area contributed by atoms with Gasteiger partial charge in [0.2, 0.25) is 0 Å². The summed E-state index contributed by atoms with van der Waals surface area (Å²) in [7, 11) is 0. The van der Waals surface area contributed by atoms with Crippen molar-refractivity contribution < 1.29 is 18.4 Å². The van der Waals surface area contributed by atoms with Gasteiger partial charge in [-0.15, -0.1) is 0 Å². The van der Waals surface area contributed by atoms with E-state index in [2.05, 4.69) is 0 Å². The Labute approximate surface area is 130 Å². The van der Waals surface area contributed by atoms with E-state index in [0.29, 0.717) is 16.7 Å². The Bertz CT molecular complexity index is 1120. The Hall–Kier alpha value is -3.08. The minimum atomic E-state index is -0.491. The van der Waals surface area contributed by atoms with Gasteiger partial charge < -0.3 is 13.6 Å². The van der Waals surface area contributed by atoms with Gasteiger partial charge in [-0.1, -0.05) is 18.2 Å². The van der Waals surface area contributed by atoms with Crippen molar-refractivity contribution in [2.45, 2.75) is 13.5 Å². The van der Waals surface area contributed by atoms with Crippen LogP contribution in [-0.4, -0.2) is 5.97 Å². The van der Waals surface area contributed by atoms with Crippen LogP contribution in [0.4, 0.5) is 0 Å². The molecule has 4 rings (SSSR count). The standard InChI is InChI=1S/C18H12O5/c1-10(19)21-9-11-6-18(20)23-16-8-17-14(7-13(11)16)12-4-2-3-5-15(12)22-17/h2-8H,9H2,1H3. The number of benzene rings is 2. The number of rotatable bonds is 2. The van der Waals surface area contributed by atoms with Crippen LogP contribution < -0.4 is 5.63 Å². The summed E-state index contributed by atoms with van der Waals surface area (Å²) < 4.78 is 16.1. The maximum Gasteiger partial charge on any atom is 0.336 e. The Morgan fingerprint density at radius 3 is 2.57 bits per heavy atom. The van der Waals surface area contributed by atoms with Crippen molar-refractivity contribution >= 4 is 38.9 Å². The first-order valence-corrected chi connectivity index (χ1v) is 7.13. The molecule has 2 aromatic carbocycles. The molecule has 0 bridgehead atoms. The van der Waals surface area contributed by atoms with Gasteiger partial charge in [0.05, 0.1) is 0 Å². The van der Waals surface area contributed by atoms with E-state index in [1.54, 1.807) is 6.07 Å². The molecule has 0 radical (unpaired) electrons. The minimum Gasteiger partial charge on any atom is -0.461 e. The fourth-order valence-corrected chi connectivity index (χ4v) is 2.74. The van der Waals surface area contributed by atoms with Crippen LogP contribution in [0.2, 0.25) is 0 Å². The van der Waals surface area contributed by atoms with Gasteiger partial charge in [0, 0.05) is 40.8 Å². The molecule has 2 aromatic heterocycles. The van der Waals surface area contributed by atoms with Crippen LogP contribution >= 0.6 is 0 Å². The quantitative estimate of drug-likeness (QED) is 0.416. The van der Waals surface area contributed by atoms with Crippen LogP contribution in [0, 0.1) is 0 Å². The molecule has 0 fully saturated rings. The van der Waals surface area contributed by atoms with Crippen LogP contribution in [0.25, 0.3) is 32.9 Å². The molecule has 0 aliphatic rings. The third-order valence-corrected chi connectivity index (χ3v) is 3.76. The van der Waals surface area contributed by atoms with Crippen LogP contribution in [0.15, 0.2) is 56.1 Å². The first-order chi connectivity index (χ1) is 11.1. The lowest BCUT2D eigenvalue weighted by Crippen LogP contribution is -2.04. The van der Waals surface area contributed by atoms with Crippen LogP contribution in [0.1, 0.15) is 12.5 Å². The van der Waals surface area contributed by atoms with Gasteiger partial charge in [0.1, 0.15) is 23.4 Å². The van der Waals surface area contributed by atoms with Crippen molar-refractivity contribution in [2.24, 2.45) is 0 Å². The molecule has 0 amide bonds. The van der Waals surface area contributed by atoms with Crippen molar-refractivity contribution in [1.82, 2.24) is 0 Å². The SMILES string of the molecule is CC(=O)OCc1cc(=O)oc2cc3oc4ccccc4c3cc12. The molecule has 0 unspecified atom stereocenters. The topological polar surface area (TPSA) is 69.7 Å². The molecule has 5 nitrogen and oxygen atoms in total. The Morgan fingerprint density at radius 1 is 0.957 bits per heavy atom. The molecule has 2 heterocycles. The molecule has 5 heteroatoms. The number of ether oxygens (including phenoxy) is 1. The molecule has 0 N–H and O–H groups in total. The Kier molecular flexibility index (Phi) is 2.94. The number of para-hydroxylation sites is 1. The summed E-state index contributed by atoms with van der Waals surface area (Å²) in [6.07, 6.45) is 0. The van der Waals surface area contributed by atoms with E-state index in [9.17, 15) is 9.59 Å². The number of carbonyl (C=O) groups is 1. The molecule has 23 heavy (non-hydrogen) atoms. The lowest BCUT2D eigenvalue weighted by Gasteiger charge is -2.05. The van der Waals surface area contributed by atoms with Crippen molar-refractivity contribution in [3.05, 3.63) is 58.4 Å². The van der Waals surface area contributed by atoms with Crippen molar-refractivity contribution in [1.29, 1.82) is 0 Å². The van der Waals surface area contributed by atoms with E-state index in [1.165, 1.54) is 13.0 Å². The minimum absolute atomic E-state index is 0.0265. The Balaban J connectivity index is 2.04. The Morgan fingerprint density at radius 2 is 1.74 bits per heavy atom. The summed E-state index contributed by atoms with van der Waals surface area (Å²) in [5.41, 5.74) is 1.94. The van der Waals surface area contributed by atoms with Crippen LogP contribution in [0.5, 0.6) is 0 Å². The van der Waals surface area contributed by atoms with E-state index in [4.69, 9.17) is 13.6 Å². The van der Waals surface area contributed by atoms with Crippen molar-refractivity contribution in [3.63, 3.8) is 0 Å². The summed E-state index contributed by atoms with van der Waals surface area (Å²) in [6, 6.07) is 12.6. The average molecular weight is 308 g/mol. The summed E-state index contributed by atoms with van der Waals surface area (Å²) in [5.74, 6) is -0.402. The number of hydrogen-bond acceptors (Lipinski definition) is 5. The predicted octanol–water partition coefficient (Wildman–Crippen LogP) is 3.76. The molecule has 0 saturated carbocycles. The highest BCUT2D eigenvalue weighted by Crippen LogP contribution is 2.32. The van der Waals surface area contributed by atoms with Gasteiger partial charge >= 0.3 is 11.6 Å². The maximum atomic E-state index is 11.7. The lowest BCUT2D eigenvalue weighted by molar-refractivity contribution is -0.142. The zero-order valence-electron chi connectivity index (χ0n) is 12.3. The third-order valence-electron chi connectivity index (χ3n) is 3.76. The third kappa shape index (κ3) is 2.26. The number of fused-ring (bicyclic) bond motifs is 4. The second-order valence-corrected chi connectivity index (χ2v) is 5.31. The van der Waals surface area contributed by atoms with Crippen LogP contribution in [0.3, 0.4) is 0 Å². The number of esters is 1. The average Bonchev–Trinajstić information content (AvgIpc) is 2.88. The van der Waals surface area contributed by atoms with Gasteiger partial charge in [-0.25, -0.2) is 4.79 Å². The fourth-order valence-electron chi connectivity index (χ4n) is 2.74. The maximum absolute atomic E-state index is 11.7. The van der Waals surface area contributed by atoms with E-state index in [1.807, 2.05) is 30.3 Å². The lowest BCUT2D eigenvalue weighted by atomic mass is 10.1. The van der Waals surface area contributed by atoms with E-state index >= 15 is 0 Å². The second kappa shape index (κ2) is 4.98. The number of furan rings is 1. The van der Waals surface area contributed by atoms with Gasteiger partial charge in [-0.05, 0) is 12.1 Å². The second-order valence-electron chi connectivity index (χ2n) is 5.31. The number of hydrogen-bond donors (Lipinski definition) is 0. The number of carbonyl (C=O) groups excluding carboxylic acids is 1. The highest BCUT2D eigenvalue weighted by Gasteiger charge is 2.13. The molecular formula is C18H12O5. The zero-order valence-corrected chi connectivity index (χ0v) is 12.3. The van der Waals surface area contributed by atoms with E-state index < -0.39 is 11.6 Å². The smallest absolute Gasteiger partial charge is 0.336 e. The molecular weight excluding hydrogens is 296 g/mol. The monoisotopic (exact) mass is 308 g/mol. The van der Waals surface area contributed by atoms with Gasteiger partial charge in [0.25, 0.3) is 0 Å². The van der Waals surface area contributed by atoms with Gasteiger partial charge in [-0.2, -0.15) is 0 Å². The van der Waals surface area contributed by atoms with Crippen molar-refractivity contribution in [3.8, 4) is 0 Å². The van der Waals surface area contributed by atoms with E-state index in [-0.39, 0.29) is 6.61 Å². The highest BCUT2D eigenvalue weighted by molar-refractivity contribution is 6.09. The first kappa shape index (κ1) is 13.6. The summed E-state index contributed by atoms with van der Waals surface area (Å²) in [4.78, 5) is 22.8. The first-order valence-electron chi connectivity index (χ1n) is 7.13. The van der Waals surface area contributed by atoms with Crippen molar-refractivity contribution in [2.75, 3.05) is 0 Å². The molecule has 0 aliphatic carbocycles. The summed E-state index contributed by atoms with van der Waals surface area (Å²) in [5, 5.41) is 2.63. The molecule has 0 saturated heterocycles. The van der Waals surface area contributed by atoms with E-state index in [0.717, 1.165) is 21.7 Å². The van der Waals surface area contributed by atoms with Crippen LogP contribution in [-0.2, 0) is 16.1 Å². The summed E-state index contributed by atoms with van der Waals surface area (Å²) >= 11 is 0. The molecule has 0 spiro atoms. The zero-order chi connectivity index (χ0) is 16.0. The van der Waals surface area contributed by atoms with Gasteiger partial charge in [-0.3, -0.25) is 4.79 Å². The fraction of sp³-hybridized carbons (Fsp3) is 0.111. The largest absolute Gasteiger partial charge is 0.461 e. The predicted molar refractivity (Wildman–Crippen MR) is 85.2 cm³/mol. The molecule has 0 atom stereocenters. The van der Waals surface area contributed by atoms with Gasteiger partial charge in [0.15, 0.2) is 0 Å². The molecule has 4 aromatic rings. The summed E-state index contributed by atoms with van der Waals surface area (Å²) in [6.45, 7) is 1.36.